The highest BCUT2D eigenvalue weighted by atomic mass is 35.5. The summed E-state index contributed by atoms with van der Waals surface area (Å²) < 4.78 is 20.4. The number of hydrogen-bond acceptors (Lipinski definition) is 5. The van der Waals surface area contributed by atoms with E-state index in [1.165, 1.54) is 36.2 Å². The molecule has 4 rings (SSSR count). The average molecular weight is 413 g/mol. The summed E-state index contributed by atoms with van der Waals surface area (Å²) in [7, 11) is 1.40. The third-order valence-electron chi connectivity index (χ3n) is 4.39. The van der Waals surface area contributed by atoms with Crippen molar-refractivity contribution in [2.75, 3.05) is 7.11 Å². The van der Waals surface area contributed by atoms with Crippen LogP contribution in [0.25, 0.3) is 22.2 Å². The van der Waals surface area contributed by atoms with Crippen LogP contribution in [0, 0.1) is 5.82 Å². The lowest BCUT2D eigenvalue weighted by Crippen LogP contribution is -2.08. The molecule has 29 heavy (non-hydrogen) atoms. The SMILES string of the molecule is COc1ccc(-c2cnc(Cn3ncc4cc(Cl)cc(C(=O)O)c43)cn2)cc1F. The quantitative estimate of drug-likeness (QED) is 0.532. The van der Waals surface area contributed by atoms with Gasteiger partial charge in [-0.2, -0.15) is 5.10 Å². The number of ether oxygens (including phenoxy) is 1. The number of fused-ring (bicyclic) bond motifs is 1. The van der Waals surface area contributed by atoms with Gasteiger partial charge in [-0.1, -0.05) is 11.6 Å². The number of carboxylic acid groups (broad SMARTS) is 1. The van der Waals surface area contributed by atoms with Crippen LogP contribution < -0.4 is 4.74 Å². The van der Waals surface area contributed by atoms with E-state index >= 15 is 0 Å². The summed E-state index contributed by atoms with van der Waals surface area (Å²) >= 11 is 5.99. The number of nitrogens with zero attached hydrogens (tertiary/aromatic N) is 4. The number of carboxylic acids is 1. The fourth-order valence-electron chi connectivity index (χ4n) is 3.04. The molecule has 0 radical (unpaired) electrons. The first-order valence-electron chi connectivity index (χ1n) is 8.49. The lowest BCUT2D eigenvalue weighted by molar-refractivity contribution is 0.0698. The maximum atomic E-state index is 13.9. The molecule has 2 aromatic heterocycles. The summed E-state index contributed by atoms with van der Waals surface area (Å²) in [5, 5.41) is 14.7. The normalized spacial score (nSPS) is 11.0. The fourth-order valence-corrected chi connectivity index (χ4v) is 3.27. The highest BCUT2D eigenvalue weighted by Gasteiger charge is 2.16. The first-order valence-corrected chi connectivity index (χ1v) is 8.87. The van der Waals surface area contributed by atoms with E-state index < -0.39 is 11.8 Å². The molecule has 4 aromatic rings. The topological polar surface area (TPSA) is 90.1 Å². The minimum Gasteiger partial charge on any atom is -0.494 e. The number of benzene rings is 2. The number of aromatic nitrogens is 4. The molecule has 9 heteroatoms. The van der Waals surface area contributed by atoms with Crippen molar-refractivity contribution in [2.24, 2.45) is 0 Å². The minimum absolute atomic E-state index is 0.0586. The second kappa shape index (κ2) is 7.48. The number of aromatic carboxylic acids is 1. The van der Waals surface area contributed by atoms with Crippen LogP contribution in [0.4, 0.5) is 4.39 Å². The van der Waals surface area contributed by atoms with Crippen LogP contribution in [0.15, 0.2) is 48.9 Å². The van der Waals surface area contributed by atoms with E-state index in [-0.39, 0.29) is 17.9 Å². The third-order valence-corrected chi connectivity index (χ3v) is 4.61. The van der Waals surface area contributed by atoms with Crippen molar-refractivity contribution in [3.63, 3.8) is 0 Å². The molecule has 0 spiro atoms. The monoisotopic (exact) mass is 412 g/mol. The number of rotatable bonds is 5. The van der Waals surface area contributed by atoms with Gasteiger partial charge in [0.05, 0.1) is 54.7 Å². The number of hydrogen-bond donors (Lipinski definition) is 1. The molecule has 2 aromatic carbocycles. The van der Waals surface area contributed by atoms with Crippen molar-refractivity contribution in [3.05, 3.63) is 71.0 Å². The molecule has 2 heterocycles. The molecule has 0 fully saturated rings. The smallest absolute Gasteiger partial charge is 0.337 e. The Kier molecular flexibility index (Phi) is 4.85. The zero-order valence-corrected chi connectivity index (χ0v) is 15.9. The molecule has 0 amide bonds. The summed E-state index contributed by atoms with van der Waals surface area (Å²) in [6, 6.07) is 7.58. The molecular weight excluding hydrogens is 399 g/mol. The van der Waals surface area contributed by atoms with E-state index in [1.54, 1.807) is 24.5 Å². The van der Waals surface area contributed by atoms with E-state index in [1.807, 2.05) is 0 Å². The Bertz CT molecular complexity index is 1220. The molecule has 0 aliphatic heterocycles. The second-order valence-electron chi connectivity index (χ2n) is 6.24. The molecular formula is C20H14ClFN4O3. The highest BCUT2D eigenvalue weighted by Crippen LogP contribution is 2.26. The van der Waals surface area contributed by atoms with Crippen molar-refractivity contribution in [1.29, 1.82) is 0 Å². The molecule has 0 aliphatic carbocycles. The van der Waals surface area contributed by atoms with Gasteiger partial charge in [-0.25, -0.2) is 9.18 Å². The van der Waals surface area contributed by atoms with Gasteiger partial charge in [0.2, 0.25) is 0 Å². The minimum atomic E-state index is -1.10. The molecule has 0 atom stereocenters. The van der Waals surface area contributed by atoms with Crippen LogP contribution in [-0.4, -0.2) is 37.9 Å². The van der Waals surface area contributed by atoms with Gasteiger partial charge in [-0.3, -0.25) is 14.6 Å². The second-order valence-corrected chi connectivity index (χ2v) is 6.68. The molecule has 0 saturated carbocycles. The van der Waals surface area contributed by atoms with Crippen LogP contribution >= 0.6 is 11.6 Å². The van der Waals surface area contributed by atoms with Crippen molar-refractivity contribution in [1.82, 2.24) is 19.7 Å². The highest BCUT2D eigenvalue weighted by molar-refractivity contribution is 6.32. The Morgan fingerprint density at radius 3 is 2.69 bits per heavy atom. The molecule has 0 bridgehead atoms. The van der Waals surface area contributed by atoms with E-state index in [0.29, 0.717) is 32.9 Å². The molecule has 0 aliphatic rings. The summed E-state index contributed by atoms with van der Waals surface area (Å²) in [4.78, 5) is 20.3. The predicted molar refractivity (Wildman–Crippen MR) is 105 cm³/mol. The van der Waals surface area contributed by atoms with E-state index in [0.717, 1.165) is 0 Å². The summed E-state index contributed by atoms with van der Waals surface area (Å²) in [6.07, 6.45) is 4.62. The van der Waals surface area contributed by atoms with Gasteiger partial charge in [0, 0.05) is 16.0 Å². The number of carbonyl (C=O) groups is 1. The largest absolute Gasteiger partial charge is 0.494 e. The van der Waals surface area contributed by atoms with Gasteiger partial charge in [-0.05, 0) is 30.3 Å². The van der Waals surface area contributed by atoms with Crippen LogP contribution in [0.1, 0.15) is 16.1 Å². The van der Waals surface area contributed by atoms with Crippen LogP contribution in [0.2, 0.25) is 5.02 Å². The number of halogens is 2. The Labute approximate surface area is 169 Å². The van der Waals surface area contributed by atoms with Gasteiger partial charge in [0.1, 0.15) is 0 Å². The third kappa shape index (κ3) is 3.62. The number of methoxy groups -OCH3 is 1. The molecule has 0 saturated heterocycles. The Morgan fingerprint density at radius 1 is 1.21 bits per heavy atom. The molecule has 1 N–H and O–H groups in total. The van der Waals surface area contributed by atoms with Gasteiger partial charge in [-0.15, -0.1) is 0 Å². The summed E-state index contributed by atoms with van der Waals surface area (Å²) in [5.41, 5.74) is 2.14. The van der Waals surface area contributed by atoms with E-state index in [4.69, 9.17) is 16.3 Å². The Balaban J connectivity index is 1.64. The standard InChI is InChI=1S/C20H14ClFN4O3/c1-29-18-3-2-11(5-16(18)22)17-9-23-14(8-24-17)10-26-19-12(7-25-26)4-13(21)6-15(19)20(27)28/h2-9H,10H2,1H3,(H,27,28). The first-order chi connectivity index (χ1) is 14.0. The van der Waals surface area contributed by atoms with Gasteiger partial charge in [0.15, 0.2) is 11.6 Å². The van der Waals surface area contributed by atoms with Gasteiger partial charge >= 0.3 is 5.97 Å². The Hall–Kier alpha value is -3.52. The first kappa shape index (κ1) is 18.8. The summed E-state index contributed by atoms with van der Waals surface area (Å²) in [6.45, 7) is 0.218. The molecule has 7 nitrogen and oxygen atoms in total. The average Bonchev–Trinajstić information content (AvgIpc) is 3.10. The van der Waals surface area contributed by atoms with Crippen molar-refractivity contribution < 1.29 is 19.0 Å². The van der Waals surface area contributed by atoms with Crippen molar-refractivity contribution >= 4 is 28.5 Å². The zero-order valence-electron chi connectivity index (χ0n) is 15.1. The summed E-state index contributed by atoms with van der Waals surface area (Å²) in [5.74, 6) is -1.43. The van der Waals surface area contributed by atoms with Crippen molar-refractivity contribution in [2.45, 2.75) is 6.54 Å². The van der Waals surface area contributed by atoms with Gasteiger partial charge < -0.3 is 9.84 Å². The lowest BCUT2D eigenvalue weighted by atomic mass is 10.1. The maximum absolute atomic E-state index is 13.9. The lowest BCUT2D eigenvalue weighted by Gasteiger charge is -2.08. The molecule has 0 unspecified atom stereocenters. The van der Waals surface area contributed by atoms with Gasteiger partial charge in [0.25, 0.3) is 0 Å². The molecule has 146 valence electrons. The van der Waals surface area contributed by atoms with E-state index in [2.05, 4.69) is 15.1 Å². The maximum Gasteiger partial charge on any atom is 0.337 e. The van der Waals surface area contributed by atoms with Crippen LogP contribution in [0.5, 0.6) is 5.75 Å². The van der Waals surface area contributed by atoms with Crippen LogP contribution in [0.3, 0.4) is 0 Å². The van der Waals surface area contributed by atoms with Crippen LogP contribution in [-0.2, 0) is 6.54 Å². The Morgan fingerprint density at radius 2 is 2.03 bits per heavy atom. The van der Waals surface area contributed by atoms with E-state index in [9.17, 15) is 14.3 Å². The predicted octanol–water partition coefficient (Wildman–Crippen LogP) is 4.04. The van der Waals surface area contributed by atoms with Crippen molar-refractivity contribution in [3.8, 4) is 17.0 Å². The zero-order chi connectivity index (χ0) is 20.5. The fraction of sp³-hybridized carbons (Fsp3) is 0.100.